The number of benzene rings is 1. The fourth-order valence-electron chi connectivity index (χ4n) is 1.74. The summed E-state index contributed by atoms with van der Waals surface area (Å²) in [5.41, 5.74) is 2.51. The Labute approximate surface area is 130 Å². The van der Waals surface area contributed by atoms with Crippen molar-refractivity contribution >= 4 is 21.8 Å². The van der Waals surface area contributed by atoms with Crippen molar-refractivity contribution in [2.24, 2.45) is 0 Å². The van der Waals surface area contributed by atoms with Crippen LogP contribution in [0, 0.1) is 6.92 Å². The van der Waals surface area contributed by atoms with Crippen molar-refractivity contribution in [3.05, 3.63) is 53.7 Å². The van der Waals surface area contributed by atoms with Gasteiger partial charge in [0, 0.05) is 26.0 Å². The molecular formula is C15H18N2O2S2. The molecule has 1 aromatic heterocycles. The molecule has 0 saturated carbocycles. The molecule has 0 spiro atoms. The Balaban J connectivity index is 2.09. The molecule has 0 aliphatic rings. The first-order valence-corrected chi connectivity index (χ1v) is 8.89. The number of pyridine rings is 1. The molecule has 6 heteroatoms. The van der Waals surface area contributed by atoms with E-state index in [2.05, 4.69) is 24.0 Å². The number of rotatable bonds is 5. The summed E-state index contributed by atoms with van der Waals surface area (Å²) in [6.07, 6.45) is 1.41. The molecule has 1 aromatic carbocycles. The molecular weight excluding hydrogens is 304 g/mol. The lowest BCUT2D eigenvalue weighted by Gasteiger charge is -2.11. The van der Waals surface area contributed by atoms with Crippen LogP contribution in [0.2, 0.25) is 0 Å². The average molecular weight is 322 g/mol. The summed E-state index contributed by atoms with van der Waals surface area (Å²) in [7, 11) is -0.386. The number of aryl methyl sites for hydroxylation is 1. The van der Waals surface area contributed by atoms with E-state index in [0.717, 1.165) is 10.8 Å². The van der Waals surface area contributed by atoms with E-state index in [-0.39, 0.29) is 4.90 Å². The maximum absolute atomic E-state index is 11.9. The fraction of sp³-hybridized carbons (Fsp3) is 0.267. The monoisotopic (exact) mass is 322 g/mol. The Morgan fingerprint density at radius 2 is 1.86 bits per heavy atom. The molecule has 0 unspecified atom stereocenters. The van der Waals surface area contributed by atoms with E-state index in [1.54, 1.807) is 23.9 Å². The van der Waals surface area contributed by atoms with Crippen LogP contribution in [0.15, 0.2) is 52.5 Å². The minimum absolute atomic E-state index is 0.216. The number of hydrogen-bond acceptors (Lipinski definition) is 4. The molecule has 2 aromatic rings. The lowest BCUT2D eigenvalue weighted by atomic mass is 10.1. The summed E-state index contributed by atoms with van der Waals surface area (Å²) in [6.45, 7) is 2.08. The standard InChI is InChI=1S/C15H18N2O2S2/c1-12-6-4-5-7-13(12)11-20-15-9-8-14(10-16-15)21(18,19)17(2)3/h4-10H,11H2,1-3H3. The molecule has 4 nitrogen and oxygen atoms in total. The molecule has 0 saturated heterocycles. The van der Waals surface area contributed by atoms with Crippen LogP contribution < -0.4 is 0 Å². The molecule has 112 valence electrons. The zero-order chi connectivity index (χ0) is 15.5. The molecule has 1 heterocycles. The molecule has 0 amide bonds. The van der Waals surface area contributed by atoms with Crippen LogP contribution >= 0.6 is 11.8 Å². The van der Waals surface area contributed by atoms with Gasteiger partial charge in [-0.25, -0.2) is 17.7 Å². The molecule has 2 rings (SSSR count). The van der Waals surface area contributed by atoms with Gasteiger partial charge in [0.2, 0.25) is 10.0 Å². The van der Waals surface area contributed by atoms with Crippen molar-refractivity contribution in [2.45, 2.75) is 22.6 Å². The smallest absolute Gasteiger partial charge is 0.244 e. The van der Waals surface area contributed by atoms with Crippen LogP contribution in [0.25, 0.3) is 0 Å². The molecule has 0 bridgehead atoms. The first-order chi connectivity index (χ1) is 9.91. The third-order valence-corrected chi connectivity index (χ3v) is 5.92. The van der Waals surface area contributed by atoms with Crippen molar-refractivity contribution < 1.29 is 8.42 Å². The maximum Gasteiger partial charge on any atom is 0.244 e. The molecule has 0 N–H and O–H groups in total. The average Bonchev–Trinajstić information content (AvgIpc) is 2.46. The Hall–Kier alpha value is -1.37. The summed E-state index contributed by atoms with van der Waals surface area (Å²) in [5.74, 6) is 0.819. The topological polar surface area (TPSA) is 50.3 Å². The van der Waals surface area contributed by atoms with Crippen LogP contribution in [0.3, 0.4) is 0 Å². The Morgan fingerprint density at radius 1 is 1.14 bits per heavy atom. The van der Waals surface area contributed by atoms with Crippen molar-refractivity contribution in [3.8, 4) is 0 Å². The van der Waals surface area contributed by atoms with E-state index in [9.17, 15) is 8.42 Å². The van der Waals surface area contributed by atoms with E-state index >= 15 is 0 Å². The van der Waals surface area contributed by atoms with Crippen LogP contribution in [0.4, 0.5) is 0 Å². The van der Waals surface area contributed by atoms with Crippen molar-refractivity contribution in [2.75, 3.05) is 14.1 Å². The highest BCUT2D eigenvalue weighted by atomic mass is 32.2. The van der Waals surface area contributed by atoms with Gasteiger partial charge < -0.3 is 0 Å². The number of thioether (sulfide) groups is 1. The SMILES string of the molecule is Cc1ccccc1CSc1ccc(S(=O)(=O)N(C)C)cn1. The predicted molar refractivity (Wildman–Crippen MR) is 85.8 cm³/mol. The minimum atomic E-state index is -3.41. The van der Waals surface area contributed by atoms with Gasteiger partial charge in [0.15, 0.2) is 0 Å². The van der Waals surface area contributed by atoms with Crippen LogP contribution in [-0.4, -0.2) is 31.8 Å². The van der Waals surface area contributed by atoms with Crippen LogP contribution in [0.1, 0.15) is 11.1 Å². The van der Waals surface area contributed by atoms with Crippen molar-refractivity contribution in [3.63, 3.8) is 0 Å². The summed E-state index contributed by atoms with van der Waals surface area (Å²) in [6, 6.07) is 11.6. The number of nitrogens with zero attached hydrogens (tertiary/aromatic N) is 2. The molecule has 0 aliphatic carbocycles. The van der Waals surface area contributed by atoms with Gasteiger partial charge in [-0.1, -0.05) is 24.3 Å². The maximum atomic E-state index is 11.9. The third kappa shape index (κ3) is 3.84. The Kier molecular flexibility index (Phi) is 5.03. The van der Waals surface area contributed by atoms with Gasteiger partial charge in [0.25, 0.3) is 0 Å². The first kappa shape index (κ1) is 16.0. The van der Waals surface area contributed by atoms with E-state index < -0.39 is 10.0 Å². The number of aromatic nitrogens is 1. The molecule has 0 atom stereocenters. The first-order valence-electron chi connectivity index (χ1n) is 6.47. The summed E-state index contributed by atoms with van der Waals surface area (Å²) in [5, 5.41) is 0.816. The lowest BCUT2D eigenvalue weighted by molar-refractivity contribution is 0.520. The summed E-state index contributed by atoms with van der Waals surface area (Å²) >= 11 is 1.60. The van der Waals surface area contributed by atoms with Gasteiger partial charge >= 0.3 is 0 Å². The normalized spacial score (nSPS) is 11.8. The second kappa shape index (κ2) is 6.60. The lowest BCUT2D eigenvalue weighted by Crippen LogP contribution is -2.22. The van der Waals surface area contributed by atoms with E-state index in [1.807, 2.05) is 12.1 Å². The third-order valence-electron chi connectivity index (χ3n) is 3.12. The number of sulfonamides is 1. The van der Waals surface area contributed by atoms with E-state index in [0.29, 0.717) is 0 Å². The molecule has 0 fully saturated rings. The van der Waals surface area contributed by atoms with Crippen LogP contribution in [0.5, 0.6) is 0 Å². The second-order valence-electron chi connectivity index (χ2n) is 4.83. The Morgan fingerprint density at radius 3 is 2.43 bits per heavy atom. The largest absolute Gasteiger partial charge is 0.249 e. The van der Waals surface area contributed by atoms with E-state index in [1.165, 1.54) is 35.7 Å². The minimum Gasteiger partial charge on any atom is -0.249 e. The van der Waals surface area contributed by atoms with Crippen molar-refractivity contribution in [1.82, 2.24) is 9.29 Å². The fourth-order valence-corrected chi connectivity index (χ4v) is 3.51. The van der Waals surface area contributed by atoms with Gasteiger partial charge in [-0.2, -0.15) is 0 Å². The highest BCUT2D eigenvalue weighted by molar-refractivity contribution is 7.98. The van der Waals surface area contributed by atoms with Gasteiger partial charge in [-0.05, 0) is 30.2 Å². The van der Waals surface area contributed by atoms with Gasteiger partial charge in [-0.15, -0.1) is 11.8 Å². The molecule has 0 radical (unpaired) electrons. The Bertz CT molecular complexity index is 711. The molecule has 0 aliphatic heterocycles. The van der Waals surface area contributed by atoms with Crippen LogP contribution in [-0.2, 0) is 15.8 Å². The zero-order valence-corrected chi connectivity index (χ0v) is 13.9. The van der Waals surface area contributed by atoms with Gasteiger partial charge in [0.1, 0.15) is 4.90 Å². The highest BCUT2D eigenvalue weighted by Crippen LogP contribution is 2.23. The second-order valence-corrected chi connectivity index (χ2v) is 7.98. The summed E-state index contributed by atoms with van der Waals surface area (Å²) < 4.78 is 25.1. The zero-order valence-electron chi connectivity index (χ0n) is 12.3. The van der Waals surface area contributed by atoms with E-state index in [4.69, 9.17) is 0 Å². The highest BCUT2D eigenvalue weighted by Gasteiger charge is 2.17. The predicted octanol–water partition coefficient (Wildman–Crippen LogP) is 2.93. The van der Waals surface area contributed by atoms with Gasteiger partial charge in [0.05, 0.1) is 5.03 Å². The molecule has 21 heavy (non-hydrogen) atoms. The quantitative estimate of drug-likeness (QED) is 0.794. The number of hydrogen-bond donors (Lipinski definition) is 0. The van der Waals surface area contributed by atoms with Gasteiger partial charge in [-0.3, -0.25) is 0 Å². The summed E-state index contributed by atoms with van der Waals surface area (Å²) in [4.78, 5) is 4.44. The van der Waals surface area contributed by atoms with Crippen molar-refractivity contribution in [1.29, 1.82) is 0 Å².